The Morgan fingerprint density at radius 1 is 1.48 bits per heavy atom. The number of hydrogen-bond acceptors (Lipinski definition) is 3. The fraction of sp³-hybridized carbons (Fsp3) is 0.765. The van der Waals surface area contributed by atoms with Gasteiger partial charge in [0.2, 0.25) is 0 Å². The standard InChI is InChI=1S/C17H27BrN2S/c1-3-13(2)16-10-20(9-15-8-14(18)11-21-15)17(12-19-16)6-4-5-7-17/h8,11,13,16,19H,3-7,9-10,12H2,1-2H3. The molecule has 2 heterocycles. The van der Waals surface area contributed by atoms with Crippen molar-refractivity contribution in [3.8, 4) is 0 Å². The highest BCUT2D eigenvalue weighted by Gasteiger charge is 2.44. The third-order valence-corrected chi connectivity index (χ3v) is 7.30. The molecule has 2 aliphatic rings. The third-order valence-electron chi connectivity index (χ3n) is 5.61. The first-order chi connectivity index (χ1) is 10.1. The van der Waals surface area contributed by atoms with Crippen molar-refractivity contribution in [1.82, 2.24) is 10.2 Å². The molecule has 0 amide bonds. The molecule has 1 saturated carbocycles. The summed E-state index contributed by atoms with van der Waals surface area (Å²) in [7, 11) is 0. The molecular formula is C17H27BrN2S. The number of rotatable bonds is 4. The SMILES string of the molecule is CCC(C)C1CN(Cc2cc(Br)cs2)C2(CCCC2)CN1. The maximum Gasteiger partial charge on any atom is 0.0338 e. The van der Waals surface area contributed by atoms with Gasteiger partial charge in [-0.05, 0) is 40.8 Å². The van der Waals surface area contributed by atoms with Gasteiger partial charge in [-0.15, -0.1) is 11.3 Å². The van der Waals surface area contributed by atoms with E-state index in [1.54, 1.807) is 0 Å². The van der Waals surface area contributed by atoms with Crippen molar-refractivity contribution in [3.05, 3.63) is 20.8 Å². The third kappa shape index (κ3) is 3.39. The van der Waals surface area contributed by atoms with Gasteiger partial charge in [-0.2, -0.15) is 0 Å². The second-order valence-electron chi connectivity index (χ2n) is 6.92. The Morgan fingerprint density at radius 2 is 2.24 bits per heavy atom. The maximum atomic E-state index is 3.88. The maximum absolute atomic E-state index is 3.88. The van der Waals surface area contributed by atoms with Crippen LogP contribution in [0.2, 0.25) is 0 Å². The lowest BCUT2D eigenvalue weighted by atomic mass is 9.87. The molecule has 4 heteroatoms. The van der Waals surface area contributed by atoms with Crippen LogP contribution in [-0.2, 0) is 6.54 Å². The minimum absolute atomic E-state index is 0.431. The Morgan fingerprint density at radius 3 is 2.86 bits per heavy atom. The summed E-state index contributed by atoms with van der Waals surface area (Å²) in [6, 6.07) is 2.96. The molecule has 2 unspecified atom stereocenters. The molecule has 2 atom stereocenters. The van der Waals surface area contributed by atoms with Gasteiger partial charge in [-0.3, -0.25) is 4.90 Å². The number of nitrogens with one attached hydrogen (secondary N) is 1. The van der Waals surface area contributed by atoms with Gasteiger partial charge in [0.25, 0.3) is 0 Å². The van der Waals surface area contributed by atoms with Crippen molar-refractivity contribution < 1.29 is 0 Å². The predicted octanol–water partition coefficient (Wildman–Crippen LogP) is 4.64. The molecule has 1 aliphatic carbocycles. The summed E-state index contributed by atoms with van der Waals surface area (Å²) in [6.45, 7) is 8.24. The minimum Gasteiger partial charge on any atom is -0.311 e. The van der Waals surface area contributed by atoms with Crippen LogP contribution < -0.4 is 5.32 Å². The average Bonchev–Trinajstić information content (AvgIpc) is 3.11. The van der Waals surface area contributed by atoms with Crippen LogP contribution in [0.1, 0.15) is 50.8 Å². The molecular weight excluding hydrogens is 344 g/mol. The molecule has 0 bridgehead atoms. The van der Waals surface area contributed by atoms with Crippen molar-refractivity contribution in [2.24, 2.45) is 5.92 Å². The zero-order valence-electron chi connectivity index (χ0n) is 13.2. The summed E-state index contributed by atoms with van der Waals surface area (Å²) in [5, 5.41) is 6.09. The highest BCUT2D eigenvalue weighted by Crippen LogP contribution is 2.39. The smallest absolute Gasteiger partial charge is 0.0338 e. The van der Waals surface area contributed by atoms with Gasteiger partial charge in [0.1, 0.15) is 0 Å². The van der Waals surface area contributed by atoms with E-state index in [1.165, 1.54) is 54.5 Å². The summed E-state index contributed by atoms with van der Waals surface area (Å²) >= 11 is 5.49. The zero-order chi connectivity index (χ0) is 14.9. The van der Waals surface area contributed by atoms with E-state index in [0.29, 0.717) is 11.6 Å². The fourth-order valence-corrected chi connectivity index (χ4v) is 5.44. The molecule has 118 valence electrons. The van der Waals surface area contributed by atoms with Crippen LogP contribution in [-0.4, -0.2) is 29.6 Å². The van der Waals surface area contributed by atoms with E-state index >= 15 is 0 Å². The predicted molar refractivity (Wildman–Crippen MR) is 94.9 cm³/mol. The number of hydrogen-bond donors (Lipinski definition) is 1. The highest BCUT2D eigenvalue weighted by atomic mass is 79.9. The van der Waals surface area contributed by atoms with Crippen LogP contribution in [0, 0.1) is 5.92 Å². The number of halogens is 1. The lowest BCUT2D eigenvalue weighted by Gasteiger charge is -2.49. The van der Waals surface area contributed by atoms with Crippen molar-refractivity contribution in [2.45, 2.75) is 64.1 Å². The molecule has 1 aromatic rings. The van der Waals surface area contributed by atoms with Gasteiger partial charge in [0, 0.05) is 45.9 Å². The number of piperazine rings is 1. The van der Waals surface area contributed by atoms with E-state index in [0.717, 1.165) is 12.5 Å². The van der Waals surface area contributed by atoms with E-state index in [4.69, 9.17) is 0 Å². The summed E-state index contributed by atoms with van der Waals surface area (Å²) in [4.78, 5) is 4.31. The zero-order valence-corrected chi connectivity index (χ0v) is 15.6. The molecule has 2 fully saturated rings. The van der Waals surface area contributed by atoms with E-state index in [9.17, 15) is 0 Å². The molecule has 1 saturated heterocycles. The first-order valence-corrected chi connectivity index (χ1v) is 10.0. The second kappa shape index (κ2) is 6.69. The Labute approximate surface area is 141 Å². The Bertz CT molecular complexity index is 467. The number of nitrogens with zero attached hydrogens (tertiary/aromatic N) is 1. The van der Waals surface area contributed by atoms with E-state index in [2.05, 4.69) is 51.4 Å². The van der Waals surface area contributed by atoms with Crippen molar-refractivity contribution >= 4 is 27.3 Å². The first kappa shape index (κ1) is 16.0. The van der Waals surface area contributed by atoms with Crippen molar-refractivity contribution in [1.29, 1.82) is 0 Å². The van der Waals surface area contributed by atoms with Crippen LogP contribution in [0.5, 0.6) is 0 Å². The van der Waals surface area contributed by atoms with Crippen LogP contribution in [0.15, 0.2) is 15.9 Å². The summed E-state index contributed by atoms with van der Waals surface area (Å²) in [5.74, 6) is 0.765. The average molecular weight is 371 g/mol. The molecule has 1 aromatic heterocycles. The second-order valence-corrected chi connectivity index (χ2v) is 8.83. The fourth-order valence-electron chi connectivity index (χ4n) is 3.98. The van der Waals surface area contributed by atoms with E-state index in [1.807, 2.05) is 11.3 Å². The van der Waals surface area contributed by atoms with Crippen molar-refractivity contribution in [2.75, 3.05) is 13.1 Å². The molecule has 0 radical (unpaired) electrons. The van der Waals surface area contributed by atoms with Gasteiger partial charge in [0.15, 0.2) is 0 Å². The highest BCUT2D eigenvalue weighted by molar-refractivity contribution is 9.10. The van der Waals surface area contributed by atoms with Crippen LogP contribution >= 0.6 is 27.3 Å². The summed E-state index contributed by atoms with van der Waals surface area (Å²) in [5.41, 5.74) is 0.431. The van der Waals surface area contributed by atoms with Crippen molar-refractivity contribution in [3.63, 3.8) is 0 Å². The topological polar surface area (TPSA) is 15.3 Å². The molecule has 21 heavy (non-hydrogen) atoms. The first-order valence-electron chi connectivity index (χ1n) is 8.34. The van der Waals surface area contributed by atoms with Gasteiger partial charge in [0.05, 0.1) is 0 Å². The van der Waals surface area contributed by atoms with E-state index < -0.39 is 0 Å². The van der Waals surface area contributed by atoms with Gasteiger partial charge < -0.3 is 5.32 Å². The quantitative estimate of drug-likeness (QED) is 0.829. The van der Waals surface area contributed by atoms with Crippen LogP contribution in [0.3, 0.4) is 0 Å². The summed E-state index contributed by atoms with van der Waals surface area (Å²) in [6.07, 6.45) is 6.82. The molecule has 1 N–H and O–H groups in total. The number of thiophene rings is 1. The Kier molecular flexibility index (Phi) is 5.09. The molecule has 0 aromatic carbocycles. The summed E-state index contributed by atoms with van der Waals surface area (Å²) < 4.78 is 1.23. The monoisotopic (exact) mass is 370 g/mol. The Hall–Kier alpha value is 0.1000. The lowest BCUT2D eigenvalue weighted by Crippen LogP contribution is -2.64. The largest absolute Gasteiger partial charge is 0.311 e. The molecule has 2 nitrogen and oxygen atoms in total. The Balaban J connectivity index is 1.76. The molecule has 1 aliphatic heterocycles. The van der Waals surface area contributed by atoms with Gasteiger partial charge in [-0.1, -0.05) is 33.1 Å². The van der Waals surface area contributed by atoms with Gasteiger partial charge in [-0.25, -0.2) is 0 Å². The molecule has 1 spiro atoms. The molecule has 3 rings (SSSR count). The lowest BCUT2D eigenvalue weighted by molar-refractivity contribution is 0.0247. The van der Waals surface area contributed by atoms with Crippen LogP contribution in [0.4, 0.5) is 0 Å². The van der Waals surface area contributed by atoms with Crippen LogP contribution in [0.25, 0.3) is 0 Å². The van der Waals surface area contributed by atoms with E-state index in [-0.39, 0.29) is 0 Å². The normalized spacial score (nSPS) is 27.3. The van der Waals surface area contributed by atoms with Gasteiger partial charge >= 0.3 is 0 Å². The minimum atomic E-state index is 0.431.